The predicted molar refractivity (Wildman–Crippen MR) is 70.0 cm³/mol. The number of halogens is 1. The smallest absolute Gasteiger partial charge is 0.224 e. The number of nitrogens with one attached hydrogen (secondary N) is 1. The van der Waals surface area contributed by atoms with Crippen LogP contribution in [0, 0.1) is 0 Å². The van der Waals surface area contributed by atoms with Crippen LogP contribution >= 0.6 is 11.6 Å². The zero-order chi connectivity index (χ0) is 13.0. The molecule has 2 rings (SSSR count). The molecule has 18 heavy (non-hydrogen) atoms. The Kier molecular flexibility index (Phi) is 4.44. The van der Waals surface area contributed by atoms with Gasteiger partial charge in [-0.05, 0) is 31.4 Å². The third-order valence-electron chi connectivity index (χ3n) is 2.94. The van der Waals surface area contributed by atoms with Crippen molar-refractivity contribution in [2.24, 2.45) is 0 Å². The SMILES string of the molecule is O=C(CCC1CCCO1)Nc1ccc(O)cc1Cl. The monoisotopic (exact) mass is 269 g/mol. The minimum absolute atomic E-state index is 0.0809. The minimum atomic E-state index is -0.0851. The molecule has 0 bridgehead atoms. The Morgan fingerprint density at radius 2 is 2.39 bits per heavy atom. The Morgan fingerprint density at radius 1 is 1.56 bits per heavy atom. The third kappa shape index (κ3) is 3.62. The molecule has 1 unspecified atom stereocenters. The summed E-state index contributed by atoms with van der Waals surface area (Å²) in [6, 6.07) is 4.47. The number of phenols is 1. The molecule has 0 radical (unpaired) electrons. The number of hydrogen-bond acceptors (Lipinski definition) is 3. The van der Waals surface area contributed by atoms with Crippen molar-refractivity contribution in [3.8, 4) is 5.75 Å². The second-order valence-corrected chi connectivity index (χ2v) is 4.79. The van der Waals surface area contributed by atoms with E-state index >= 15 is 0 Å². The summed E-state index contributed by atoms with van der Waals surface area (Å²) in [6.45, 7) is 0.802. The van der Waals surface area contributed by atoms with Gasteiger partial charge in [0.1, 0.15) is 5.75 Å². The highest BCUT2D eigenvalue weighted by Crippen LogP contribution is 2.26. The summed E-state index contributed by atoms with van der Waals surface area (Å²) < 4.78 is 5.45. The van der Waals surface area contributed by atoms with Gasteiger partial charge in [0.15, 0.2) is 0 Å². The molecule has 0 saturated carbocycles. The molecule has 1 saturated heterocycles. The number of carbonyl (C=O) groups is 1. The maximum absolute atomic E-state index is 11.7. The first-order valence-corrected chi connectivity index (χ1v) is 6.43. The summed E-state index contributed by atoms with van der Waals surface area (Å²) in [4.78, 5) is 11.7. The summed E-state index contributed by atoms with van der Waals surface area (Å²) in [7, 11) is 0. The van der Waals surface area contributed by atoms with E-state index in [9.17, 15) is 9.90 Å². The highest BCUT2D eigenvalue weighted by atomic mass is 35.5. The third-order valence-corrected chi connectivity index (χ3v) is 3.26. The predicted octanol–water partition coefficient (Wildman–Crippen LogP) is 2.94. The molecule has 1 aromatic rings. The normalized spacial score (nSPS) is 18.8. The lowest BCUT2D eigenvalue weighted by molar-refractivity contribution is -0.116. The fourth-order valence-corrected chi connectivity index (χ4v) is 2.20. The number of rotatable bonds is 4. The maximum atomic E-state index is 11.7. The van der Waals surface area contributed by atoms with Gasteiger partial charge >= 0.3 is 0 Å². The molecule has 98 valence electrons. The summed E-state index contributed by atoms with van der Waals surface area (Å²) >= 11 is 5.90. The quantitative estimate of drug-likeness (QED) is 0.826. The number of carbonyl (C=O) groups excluding carboxylic acids is 1. The summed E-state index contributed by atoms with van der Waals surface area (Å²) in [5.74, 6) is -0.00422. The van der Waals surface area contributed by atoms with Gasteiger partial charge in [-0.25, -0.2) is 0 Å². The average Bonchev–Trinajstić information content (AvgIpc) is 2.83. The van der Waals surface area contributed by atoms with Crippen LogP contribution in [-0.2, 0) is 9.53 Å². The van der Waals surface area contributed by atoms with E-state index in [2.05, 4.69) is 5.32 Å². The van der Waals surface area contributed by atoms with E-state index in [0.717, 1.165) is 25.9 Å². The van der Waals surface area contributed by atoms with E-state index in [0.29, 0.717) is 17.1 Å². The van der Waals surface area contributed by atoms with Gasteiger partial charge in [-0.3, -0.25) is 4.79 Å². The lowest BCUT2D eigenvalue weighted by Crippen LogP contribution is -2.15. The van der Waals surface area contributed by atoms with Crippen LogP contribution in [0.2, 0.25) is 5.02 Å². The number of ether oxygens (including phenoxy) is 1. The first-order chi connectivity index (χ1) is 8.65. The van der Waals surface area contributed by atoms with Gasteiger partial charge in [-0.1, -0.05) is 11.6 Å². The molecular weight excluding hydrogens is 254 g/mol. The fourth-order valence-electron chi connectivity index (χ4n) is 1.98. The summed E-state index contributed by atoms with van der Waals surface area (Å²) in [5.41, 5.74) is 0.520. The topological polar surface area (TPSA) is 58.6 Å². The van der Waals surface area contributed by atoms with Crippen molar-refractivity contribution in [3.05, 3.63) is 23.2 Å². The van der Waals surface area contributed by atoms with E-state index in [1.54, 1.807) is 6.07 Å². The van der Waals surface area contributed by atoms with Gasteiger partial charge < -0.3 is 15.2 Å². The molecule has 0 aliphatic carbocycles. The second kappa shape index (κ2) is 6.07. The van der Waals surface area contributed by atoms with Crippen LogP contribution in [0.4, 0.5) is 5.69 Å². The van der Waals surface area contributed by atoms with Gasteiger partial charge in [-0.15, -0.1) is 0 Å². The van der Waals surface area contributed by atoms with Crippen molar-refractivity contribution in [1.82, 2.24) is 0 Å². The van der Waals surface area contributed by atoms with Crippen LogP contribution in [0.3, 0.4) is 0 Å². The lowest BCUT2D eigenvalue weighted by Gasteiger charge is -2.10. The zero-order valence-corrected chi connectivity index (χ0v) is 10.7. The van der Waals surface area contributed by atoms with Crippen molar-refractivity contribution in [2.45, 2.75) is 31.8 Å². The van der Waals surface area contributed by atoms with Crippen molar-refractivity contribution in [1.29, 1.82) is 0 Å². The molecule has 1 fully saturated rings. The Balaban J connectivity index is 1.82. The van der Waals surface area contributed by atoms with E-state index in [1.165, 1.54) is 12.1 Å². The average molecular weight is 270 g/mol. The number of phenolic OH excluding ortho intramolecular Hbond substituents is 1. The van der Waals surface area contributed by atoms with E-state index < -0.39 is 0 Å². The van der Waals surface area contributed by atoms with Gasteiger partial charge in [-0.2, -0.15) is 0 Å². The van der Waals surface area contributed by atoms with E-state index in [-0.39, 0.29) is 17.8 Å². The van der Waals surface area contributed by atoms with Crippen LogP contribution in [-0.4, -0.2) is 23.7 Å². The van der Waals surface area contributed by atoms with Crippen molar-refractivity contribution < 1.29 is 14.6 Å². The molecule has 1 amide bonds. The van der Waals surface area contributed by atoms with Crippen LogP contribution in [0.15, 0.2) is 18.2 Å². The first kappa shape index (κ1) is 13.2. The van der Waals surface area contributed by atoms with Crippen LogP contribution < -0.4 is 5.32 Å². The molecule has 1 heterocycles. The molecule has 2 N–H and O–H groups in total. The zero-order valence-electron chi connectivity index (χ0n) is 9.99. The molecule has 4 nitrogen and oxygen atoms in total. The number of hydrogen-bond donors (Lipinski definition) is 2. The second-order valence-electron chi connectivity index (χ2n) is 4.39. The van der Waals surface area contributed by atoms with Crippen LogP contribution in [0.25, 0.3) is 0 Å². The van der Waals surface area contributed by atoms with Crippen molar-refractivity contribution in [3.63, 3.8) is 0 Å². The first-order valence-electron chi connectivity index (χ1n) is 6.05. The number of anilines is 1. The summed E-state index contributed by atoms with van der Waals surface area (Å²) in [5, 5.41) is 12.3. The number of benzene rings is 1. The highest BCUT2D eigenvalue weighted by molar-refractivity contribution is 6.33. The van der Waals surface area contributed by atoms with Crippen molar-refractivity contribution in [2.75, 3.05) is 11.9 Å². The van der Waals surface area contributed by atoms with Gasteiger partial charge in [0.2, 0.25) is 5.91 Å². The Labute approximate surface area is 111 Å². The van der Waals surface area contributed by atoms with Crippen LogP contribution in [0.1, 0.15) is 25.7 Å². The lowest BCUT2D eigenvalue weighted by atomic mass is 10.1. The largest absolute Gasteiger partial charge is 0.508 e. The van der Waals surface area contributed by atoms with Gasteiger partial charge in [0.05, 0.1) is 16.8 Å². The molecule has 1 aliphatic rings. The van der Waals surface area contributed by atoms with E-state index in [1.807, 2.05) is 0 Å². The molecule has 1 aromatic carbocycles. The Hall–Kier alpha value is -1.26. The Bertz CT molecular complexity index is 430. The number of aromatic hydroxyl groups is 1. The Morgan fingerprint density at radius 3 is 3.06 bits per heavy atom. The molecule has 0 aromatic heterocycles. The molecule has 1 aliphatic heterocycles. The van der Waals surface area contributed by atoms with Gasteiger partial charge in [0.25, 0.3) is 0 Å². The van der Waals surface area contributed by atoms with Crippen LogP contribution in [0.5, 0.6) is 5.75 Å². The fraction of sp³-hybridized carbons (Fsp3) is 0.462. The highest BCUT2D eigenvalue weighted by Gasteiger charge is 2.17. The molecule has 5 heteroatoms. The van der Waals surface area contributed by atoms with E-state index in [4.69, 9.17) is 16.3 Å². The maximum Gasteiger partial charge on any atom is 0.224 e. The van der Waals surface area contributed by atoms with Gasteiger partial charge in [0, 0.05) is 19.1 Å². The standard InChI is InChI=1S/C13H16ClNO3/c14-11-8-9(16)3-5-12(11)15-13(17)6-4-10-2-1-7-18-10/h3,5,8,10,16H,1-2,4,6-7H2,(H,15,17). The molecular formula is C13H16ClNO3. The minimum Gasteiger partial charge on any atom is -0.508 e. The number of amides is 1. The molecule has 0 spiro atoms. The molecule has 1 atom stereocenters. The van der Waals surface area contributed by atoms with Crippen molar-refractivity contribution >= 4 is 23.2 Å². The summed E-state index contributed by atoms with van der Waals surface area (Å²) in [6.07, 6.45) is 3.48.